The van der Waals surface area contributed by atoms with E-state index in [4.69, 9.17) is 10.5 Å². The maximum Gasteiger partial charge on any atom is 0.188 e. The molecular formula is C12H23N3O. The van der Waals surface area contributed by atoms with Gasteiger partial charge in [0.05, 0.1) is 12.1 Å². The summed E-state index contributed by atoms with van der Waals surface area (Å²) in [5, 5.41) is 3.21. The zero-order valence-electron chi connectivity index (χ0n) is 10.2. The molecule has 0 amide bonds. The Morgan fingerprint density at radius 2 is 2.06 bits per heavy atom. The van der Waals surface area contributed by atoms with Gasteiger partial charge in [0, 0.05) is 13.2 Å². The first-order chi connectivity index (χ1) is 7.74. The van der Waals surface area contributed by atoms with Crippen molar-refractivity contribution in [1.82, 2.24) is 5.32 Å². The lowest BCUT2D eigenvalue weighted by Gasteiger charge is -2.34. The number of rotatable bonds is 4. The van der Waals surface area contributed by atoms with E-state index in [1.807, 2.05) is 0 Å². The Hall–Kier alpha value is -0.770. The van der Waals surface area contributed by atoms with Gasteiger partial charge in [-0.15, -0.1) is 0 Å². The minimum atomic E-state index is -0.0475. The third kappa shape index (κ3) is 3.11. The number of hydrogen-bond acceptors (Lipinski definition) is 2. The number of nitrogens with two attached hydrogens (primary N) is 1. The van der Waals surface area contributed by atoms with E-state index in [1.165, 1.54) is 32.1 Å². The van der Waals surface area contributed by atoms with Gasteiger partial charge in [-0.3, -0.25) is 4.99 Å². The first-order valence-corrected chi connectivity index (χ1v) is 6.36. The van der Waals surface area contributed by atoms with E-state index < -0.39 is 0 Å². The van der Waals surface area contributed by atoms with Crippen LogP contribution in [0.5, 0.6) is 0 Å². The molecule has 0 radical (unpaired) electrons. The van der Waals surface area contributed by atoms with Gasteiger partial charge in [-0.05, 0) is 25.7 Å². The van der Waals surface area contributed by atoms with E-state index >= 15 is 0 Å². The van der Waals surface area contributed by atoms with Crippen LogP contribution in [0.25, 0.3) is 0 Å². The number of aliphatic imine (C=N–C) groups is 1. The molecule has 0 aromatic heterocycles. The average molecular weight is 225 g/mol. The van der Waals surface area contributed by atoms with E-state index in [9.17, 15) is 0 Å². The lowest BCUT2D eigenvalue weighted by Crippen LogP contribution is -2.40. The second kappa shape index (κ2) is 5.04. The summed E-state index contributed by atoms with van der Waals surface area (Å²) in [7, 11) is 1.80. The molecule has 0 bridgehead atoms. The van der Waals surface area contributed by atoms with E-state index in [0.29, 0.717) is 18.5 Å². The summed E-state index contributed by atoms with van der Waals surface area (Å²) in [5.41, 5.74) is 5.78. The highest BCUT2D eigenvalue weighted by molar-refractivity contribution is 5.78. The molecular weight excluding hydrogens is 202 g/mol. The van der Waals surface area contributed by atoms with E-state index in [1.54, 1.807) is 7.11 Å². The molecule has 0 aromatic rings. The number of guanidine groups is 1. The van der Waals surface area contributed by atoms with E-state index in [0.717, 1.165) is 12.8 Å². The smallest absolute Gasteiger partial charge is 0.188 e. The zero-order chi connectivity index (χ0) is 11.4. The van der Waals surface area contributed by atoms with Crippen molar-refractivity contribution in [2.45, 2.75) is 56.6 Å². The quantitative estimate of drug-likeness (QED) is 0.561. The molecule has 0 unspecified atom stereocenters. The molecule has 0 saturated heterocycles. The molecule has 92 valence electrons. The molecule has 4 nitrogen and oxygen atoms in total. The molecule has 0 spiro atoms. The third-order valence-electron chi connectivity index (χ3n) is 3.66. The topological polar surface area (TPSA) is 59.6 Å². The Morgan fingerprint density at radius 1 is 1.38 bits per heavy atom. The fourth-order valence-corrected chi connectivity index (χ4v) is 2.33. The Bertz CT molecular complexity index is 255. The summed E-state index contributed by atoms with van der Waals surface area (Å²) >= 11 is 0. The molecule has 2 aliphatic rings. The second-order valence-electron chi connectivity index (χ2n) is 5.07. The van der Waals surface area contributed by atoms with Gasteiger partial charge in [0.2, 0.25) is 0 Å². The van der Waals surface area contributed by atoms with Crippen LogP contribution in [-0.2, 0) is 4.74 Å². The van der Waals surface area contributed by atoms with Crippen LogP contribution in [0, 0.1) is 0 Å². The highest BCUT2D eigenvalue weighted by Crippen LogP contribution is 2.31. The molecule has 2 rings (SSSR count). The summed E-state index contributed by atoms with van der Waals surface area (Å²) in [4.78, 5) is 4.43. The number of methoxy groups -OCH3 is 1. The highest BCUT2D eigenvalue weighted by Gasteiger charge is 2.31. The molecule has 2 fully saturated rings. The minimum Gasteiger partial charge on any atom is -0.376 e. The Labute approximate surface area is 97.6 Å². The SMILES string of the molecule is COC1(CN=C(N)NC2CC2)CCCCC1. The number of hydrogen-bond donors (Lipinski definition) is 2. The molecule has 3 N–H and O–H groups in total. The first kappa shape index (κ1) is 11.7. The molecule has 2 aliphatic carbocycles. The molecule has 4 heteroatoms. The summed E-state index contributed by atoms with van der Waals surface area (Å²) in [6.45, 7) is 0.703. The van der Waals surface area contributed by atoms with Gasteiger partial charge in [0.15, 0.2) is 5.96 Å². The van der Waals surface area contributed by atoms with Gasteiger partial charge < -0.3 is 15.8 Å². The highest BCUT2D eigenvalue weighted by atomic mass is 16.5. The summed E-state index contributed by atoms with van der Waals surface area (Å²) in [5.74, 6) is 0.587. The van der Waals surface area contributed by atoms with Crippen LogP contribution in [0.1, 0.15) is 44.9 Å². The van der Waals surface area contributed by atoms with Crippen LogP contribution in [0.15, 0.2) is 4.99 Å². The molecule has 0 atom stereocenters. The molecule has 0 heterocycles. The molecule has 16 heavy (non-hydrogen) atoms. The fourth-order valence-electron chi connectivity index (χ4n) is 2.33. The van der Waals surface area contributed by atoms with Crippen LogP contribution in [0.4, 0.5) is 0 Å². The van der Waals surface area contributed by atoms with Gasteiger partial charge >= 0.3 is 0 Å². The lowest BCUT2D eigenvalue weighted by atomic mass is 9.85. The maximum atomic E-state index is 5.83. The van der Waals surface area contributed by atoms with E-state index in [2.05, 4.69) is 10.3 Å². The van der Waals surface area contributed by atoms with Gasteiger partial charge in [0.1, 0.15) is 0 Å². The van der Waals surface area contributed by atoms with Crippen LogP contribution < -0.4 is 11.1 Å². The first-order valence-electron chi connectivity index (χ1n) is 6.36. The van der Waals surface area contributed by atoms with Crippen LogP contribution in [0.3, 0.4) is 0 Å². The molecule has 0 aliphatic heterocycles. The Balaban J connectivity index is 1.84. The van der Waals surface area contributed by atoms with Crippen molar-refractivity contribution >= 4 is 5.96 Å². The minimum absolute atomic E-state index is 0.0475. The summed E-state index contributed by atoms with van der Waals surface area (Å²) in [6.07, 6.45) is 8.51. The van der Waals surface area contributed by atoms with Crippen molar-refractivity contribution in [3.05, 3.63) is 0 Å². The number of ether oxygens (including phenoxy) is 1. The largest absolute Gasteiger partial charge is 0.376 e. The monoisotopic (exact) mass is 225 g/mol. The normalized spacial score (nSPS) is 25.4. The Morgan fingerprint density at radius 3 is 2.62 bits per heavy atom. The van der Waals surface area contributed by atoms with Crippen LogP contribution in [-0.4, -0.2) is 31.3 Å². The fraction of sp³-hybridized carbons (Fsp3) is 0.917. The van der Waals surface area contributed by atoms with Gasteiger partial charge in [-0.2, -0.15) is 0 Å². The van der Waals surface area contributed by atoms with Crippen molar-refractivity contribution in [1.29, 1.82) is 0 Å². The zero-order valence-corrected chi connectivity index (χ0v) is 10.2. The van der Waals surface area contributed by atoms with Crippen molar-refractivity contribution in [2.24, 2.45) is 10.7 Å². The maximum absolute atomic E-state index is 5.83. The number of nitrogens with zero attached hydrogens (tertiary/aromatic N) is 1. The summed E-state index contributed by atoms with van der Waals surface area (Å²) in [6, 6.07) is 0.577. The van der Waals surface area contributed by atoms with Gasteiger partial charge in [-0.1, -0.05) is 19.3 Å². The summed E-state index contributed by atoms with van der Waals surface area (Å²) < 4.78 is 5.66. The van der Waals surface area contributed by atoms with Crippen molar-refractivity contribution in [3.8, 4) is 0 Å². The van der Waals surface area contributed by atoms with Gasteiger partial charge in [0.25, 0.3) is 0 Å². The van der Waals surface area contributed by atoms with Crippen LogP contribution >= 0.6 is 0 Å². The predicted octanol–water partition coefficient (Wildman–Crippen LogP) is 1.40. The number of nitrogens with one attached hydrogen (secondary N) is 1. The third-order valence-corrected chi connectivity index (χ3v) is 3.66. The second-order valence-corrected chi connectivity index (χ2v) is 5.07. The Kier molecular flexibility index (Phi) is 3.69. The van der Waals surface area contributed by atoms with Crippen molar-refractivity contribution in [3.63, 3.8) is 0 Å². The predicted molar refractivity (Wildman–Crippen MR) is 65.5 cm³/mol. The molecule has 2 saturated carbocycles. The van der Waals surface area contributed by atoms with Crippen molar-refractivity contribution in [2.75, 3.05) is 13.7 Å². The average Bonchev–Trinajstić information content (AvgIpc) is 3.12. The van der Waals surface area contributed by atoms with Crippen molar-refractivity contribution < 1.29 is 4.74 Å². The standard InChI is InChI=1S/C12H23N3O/c1-16-12(7-3-2-4-8-12)9-14-11(13)15-10-5-6-10/h10H,2-9H2,1H3,(H3,13,14,15). The molecule has 0 aromatic carbocycles. The lowest BCUT2D eigenvalue weighted by molar-refractivity contribution is -0.0308. The van der Waals surface area contributed by atoms with Gasteiger partial charge in [-0.25, -0.2) is 0 Å². The van der Waals surface area contributed by atoms with E-state index in [-0.39, 0.29) is 5.60 Å². The van der Waals surface area contributed by atoms with Crippen LogP contribution in [0.2, 0.25) is 0 Å².